The van der Waals surface area contributed by atoms with Crippen molar-refractivity contribution >= 4 is 5.91 Å². The SMILES string of the molecule is CCN(CC(=O)N(C)Cc1cnn(-c2ccccc2)c1)Cc1ccc(OC)c(F)c1. The van der Waals surface area contributed by atoms with Gasteiger partial charge in [-0.1, -0.05) is 31.2 Å². The van der Waals surface area contributed by atoms with Gasteiger partial charge in [-0.2, -0.15) is 5.10 Å². The number of aromatic nitrogens is 2. The van der Waals surface area contributed by atoms with Crippen LogP contribution in [0.2, 0.25) is 0 Å². The molecule has 0 radical (unpaired) electrons. The first kappa shape index (κ1) is 21.5. The van der Waals surface area contributed by atoms with Gasteiger partial charge in [0.2, 0.25) is 5.91 Å². The number of methoxy groups -OCH3 is 1. The van der Waals surface area contributed by atoms with Gasteiger partial charge in [-0.25, -0.2) is 9.07 Å². The zero-order valence-electron chi connectivity index (χ0n) is 17.6. The van der Waals surface area contributed by atoms with Gasteiger partial charge in [0.25, 0.3) is 0 Å². The second-order valence-electron chi connectivity index (χ2n) is 7.15. The Morgan fingerprint density at radius 1 is 1.13 bits per heavy atom. The minimum Gasteiger partial charge on any atom is -0.494 e. The van der Waals surface area contributed by atoms with Crippen LogP contribution in [-0.4, -0.2) is 52.7 Å². The van der Waals surface area contributed by atoms with Crippen molar-refractivity contribution in [2.24, 2.45) is 0 Å². The lowest BCUT2D eigenvalue weighted by molar-refractivity contribution is -0.131. The number of carbonyl (C=O) groups is 1. The highest BCUT2D eigenvalue weighted by Gasteiger charge is 2.16. The van der Waals surface area contributed by atoms with Crippen LogP contribution in [0.4, 0.5) is 4.39 Å². The number of ether oxygens (including phenoxy) is 1. The van der Waals surface area contributed by atoms with Gasteiger partial charge in [0.1, 0.15) is 0 Å². The number of amides is 1. The largest absolute Gasteiger partial charge is 0.494 e. The van der Waals surface area contributed by atoms with Crippen molar-refractivity contribution in [3.63, 3.8) is 0 Å². The average molecular weight is 410 g/mol. The number of likely N-dealkylation sites (N-methyl/N-ethyl adjacent to an activating group) is 2. The summed E-state index contributed by atoms with van der Waals surface area (Å²) in [5, 5.41) is 4.38. The zero-order valence-corrected chi connectivity index (χ0v) is 17.6. The fraction of sp³-hybridized carbons (Fsp3) is 0.304. The maximum absolute atomic E-state index is 13.9. The number of halogens is 1. The molecule has 7 heteroatoms. The Morgan fingerprint density at radius 2 is 1.90 bits per heavy atom. The van der Waals surface area contributed by atoms with Gasteiger partial charge in [-0.15, -0.1) is 0 Å². The minimum atomic E-state index is -0.398. The molecule has 3 aromatic rings. The maximum atomic E-state index is 13.9. The van der Waals surface area contributed by atoms with Gasteiger partial charge in [0.05, 0.1) is 25.5 Å². The summed E-state index contributed by atoms with van der Waals surface area (Å²) >= 11 is 0. The molecular weight excluding hydrogens is 383 g/mol. The quantitative estimate of drug-likeness (QED) is 0.542. The Labute approximate surface area is 176 Å². The summed E-state index contributed by atoms with van der Waals surface area (Å²) in [4.78, 5) is 16.4. The highest BCUT2D eigenvalue weighted by molar-refractivity contribution is 5.78. The van der Waals surface area contributed by atoms with Crippen LogP contribution in [-0.2, 0) is 17.9 Å². The summed E-state index contributed by atoms with van der Waals surface area (Å²) in [6, 6.07) is 14.7. The lowest BCUT2D eigenvalue weighted by Gasteiger charge is -2.24. The van der Waals surface area contributed by atoms with Gasteiger partial charge in [-0.05, 0) is 36.4 Å². The minimum absolute atomic E-state index is 0.00158. The zero-order chi connectivity index (χ0) is 21.5. The van der Waals surface area contributed by atoms with E-state index in [1.807, 2.05) is 54.4 Å². The number of hydrogen-bond donors (Lipinski definition) is 0. The molecule has 2 aromatic carbocycles. The van der Waals surface area contributed by atoms with E-state index in [0.717, 1.165) is 16.8 Å². The van der Waals surface area contributed by atoms with Crippen LogP contribution in [0.3, 0.4) is 0 Å². The van der Waals surface area contributed by atoms with Crippen LogP contribution < -0.4 is 4.74 Å². The lowest BCUT2D eigenvalue weighted by Crippen LogP contribution is -2.37. The fourth-order valence-electron chi connectivity index (χ4n) is 3.18. The molecule has 158 valence electrons. The van der Waals surface area contributed by atoms with Crippen LogP contribution in [0.15, 0.2) is 60.9 Å². The first-order valence-corrected chi connectivity index (χ1v) is 9.88. The first-order chi connectivity index (χ1) is 14.5. The van der Waals surface area contributed by atoms with Crippen LogP contribution >= 0.6 is 0 Å². The molecule has 0 aliphatic heterocycles. The van der Waals surface area contributed by atoms with Gasteiger partial charge < -0.3 is 9.64 Å². The highest BCUT2D eigenvalue weighted by atomic mass is 19.1. The monoisotopic (exact) mass is 410 g/mol. The van der Waals surface area contributed by atoms with Crippen molar-refractivity contribution in [2.75, 3.05) is 27.2 Å². The molecule has 0 fully saturated rings. The van der Waals surface area contributed by atoms with E-state index in [4.69, 9.17) is 4.74 Å². The number of nitrogens with zero attached hydrogens (tertiary/aromatic N) is 4. The van der Waals surface area contributed by atoms with Gasteiger partial charge in [0, 0.05) is 31.9 Å². The molecule has 3 rings (SSSR count). The average Bonchev–Trinajstić information content (AvgIpc) is 3.22. The van der Waals surface area contributed by atoms with E-state index in [0.29, 0.717) is 19.6 Å². The Balaban J connectivity index is 1.57. The summed E-state index contributed by atoms with van der Waals surface area (Å²) < 4.78 is 20.7. The van der Waals surface area contributed by atoms with Crippen molar-refractivity contribution in [2.45, 2.75) is 20.0 Å². The Kier molecular flexibility index (Phi) is 7.19. The lowest BCUT2D eigenvalue weighted by atomic mass is 10.2. The number of hydrogen-bond acceptors (Lipinski definition) is 4. The topological polar surface area (TPSA) is 50.6 Å². The molecule has 0 aliphatic carbocycles. The van der Waals surface area contributed by atoms with E-state index >= 15 is 0 Å². The molecule has 0 aliphatic rings. The van der Waals surface area contributed by atoms with Crippen LogP contribution in [0.1, 0.15) is 18.1 Å². The number of para-hydroxylation sites is 1. The molecule has 30 heavy (non-hydrogen) atoms. The molecule has 1 aromatic heterocycles. The maximum Gasteiger partial charge on any atom is 0.236 e. The first-order valence-electron chi connectivity index (χ1n) is 9.88. The van der Waals surface area contributed by atoms with Crippen molar-refractivity contribution in [3.8, 4) is 11.4 Å². The third kappa shape index (κ3) is 5.45. The Hall–Kier alpha value is -3.19. The Bertz CT molecular complexity index is 974. The molecule has 6 nitrogen and oxygen atoms in total. The standard InChI is InChI=1S/C23H27FN4O2/c1-4-27(15-18-10-11-22(30-3)21(24)12-18)17-23(29)26(2)14-19-13-25-28(16-19)20-8-6-5-7-9-20/h5-13,16H,4,14-15,17H2,1-3H3. The third-order valence-corrected chi connectivity index (χ3v) is 4.93. The highest BCUT2D eigenvalue weighted by Crippen LogP contribution is 2.18. The molecule has 1 heterocycles. The summed E-state index contributed by atoms with van der Waals surface area (Å²) in [6.45, 7) is 3.88. The van der Waals surface area contributed by atoms with Crippen molar-refractivity contribution in [3.05, 3.63) is 77.9 Å². The summed E-state index contributed by atoms with van der Waals surface area (Å²) in [5.41, 5.74) is 2.73. The molecule has 1 amide bonds. The van der Waals surface area contributed by atoms with E-state index < -0.39 is 5.82 Å². The third-order valence-electron chi connectivity index (χ3n) is 4.93. The van der Waals surface area contributed by atoms with E-state index in [2.05, 4.69) is 5.10 Å². The van der Waals surface area contributed by atoms with Crippen molar-refractivity contribution in [1.29, 1.82) is 0 Å². The number of benzene rings is 2. The molecular formula is C23H27FN4O2. The Morgan fingerprint density at radius 3 is 2.57 bits per heavy atom. The van der Waals surface area contributed by atoms with Crippen LogP contribution in [0, 0.1) is 5.82 Å². The molecule has 0 spiro atoms. The van der Waals surface area contributed by atoms with Crippen molar-refractivity contribution < 1.29 is 13.9 Å². The summed E-state index contributed by atoms with van der Waals surface area (Å²) in [7, 11) is 3.22. The van der Waals surface area contributed by atoms with Gasteiger partial charge in [0.15, 0.2) is 11.6 Å². The normalized spacial score (nSPS) is 11.0. The molecule has 0 N–H and O–H groups in total. The van der Waals surface area contributed by atoms with Gasteiger partial charge in [-0.3, -0.25) is 9.69 Å². The van der Waals surface area contributed by atoms with E-state index in [1.165, 1.54) is 13.2 Å². The number of carbonyl (C=O) groups excluding carboxylic acids is 1. The fourth-order valence-corrected chi connectivity index (χ4v) is 3.18. The summed E-state index contributed by atoms with van der Waals surface area (Å²) in [5.74, 6) is -0.183. The second-order valence-corrected chi connectivity index (χ2v) is 7.15. The second kappa shape index (κ2) is 10.0. The van der Waals surface area contributed by atoms with Gasteiger partial charge >= 0.3 is 0 Å². The van der Waals surface area contributed by atoms with E-state index in [-0.39, 0.29) is 18.2 Å². The predicted octanol–water partition coefficient (Wildman–Crippen LogP) is 3.50. The van der Waals surface area contributed by atoms with E-state index in [1.54, 1.807) is 28.9 Å². The molecule has 0 saturated heterocycles. The molecule has 0 saturated carbocycles. The summed E-state index contributed by atoms with van der Waals surface area (Å²) in [6.07, 6.45) is 3.70. The predicted molar refractivity (Wildman–Crippen MR) is 114 cm³/mol. The molecule has 0 unspecified atom stereocenters. The van der Waals surface area contributed by atoms with Crippen LogP contribution in [0.5, 0.6) is 5.75 Å². The number of rotatable bonds is 9. The van der Waals surface area contributed by atoms with Crippen molar-refractivity contribution in [1.82, 2.24) is 19.6 Å². The van der Waals surface area contributed by atoms with E-state index in [9.17, 15) is 9.18 Å². The molecule has 0 bridgehead atoms. The smallest absolute Gasteiger partial charge is 0.236 e. The van der Waals surface area contributed by atoms with Crippen LogP contribution in [0.25, 0.3) is 5.69 Å². The molecule has 0 atom stereocenters.